The van der Waals surface area contributed by atoms with Crippen molar-refractivity contribution < 1.29 is 14.0 Å². The molecule has 0 spiro atoms. The van der Waals surface area contributed by atoms with Crippen LogP contribution in [-0.2, 0) is 4.79 Å². The lowest BCUT2D eigenvalue weighted by atomic mass is 9.76. The summed E-state index contributed by atoms with van der Waals surface area (Å²) in [6.07, 6.45) is 3.49. The normalized spacial score (nSPS) is 24.8. The molecule has 2 aromatic rings. The van der Waals surface area contributed by atoms with Crippen molar-refractivity contribution in [1.29, 1.82) is 0 Å². The molecule has 4 rings (SSSR count). The van der Waals surface area contributed by atoms with E-state index in [9.17, 15) is 14.0 Å². The zero-order valence-electron chi connectivity index (χ0n) is 16.2. The van der Waals surface area contributed by atoms with Crippen LogP contribution in [0.1, 0.15) is 50.0 Å². The van der Waals surface area contributed by atoms with Crippen molar-refractivity contribution in [1.82, 2.24) is 20.0 Å². The lowest BCUT2D eigenvalue weighted by molar-refractivity contribution is -0.143. The van der Waals surface area contributed by atoms with E-state index in [0.29, 0.717) is 23.5 Å². The molecule has 0 unspecified atom stereocenters. The molecule has 2 amide bonds. The van der Waals surface area contributed by atoms with Gasteiger partial charge in [-0.15, -0.1) is 0 Å². The highest BCUT2D eigenvalue weighted by Crippen LogP contribution is 2.39. The quantitative estimate of drug-likeness (QED) is 0.864. The number of carbonyl (C=O) groups is 2. The van der Waals surface area contributed by atoms with Crippen LogP contribution in [0, 0.1) is 5.82 Å². The van der Waals surface area contributed by atoms with Crippen molar-refractivity contribution in [3.63, 3.8) is 0 Å². The number of nitrogens with zero attached hydrogens (tertiary/aromatic N) is 3. The summed E-state index contributed by atoms with van der Waals surface area (Å²) in [4.78, 5) is 29.2. The summed E-state index contributed by atoms with van der Waals surface area (Å²) in [5.74, 6) is -0.454. The Labute approximate surface area is 163 Å². The van der Waals surface area contributed by atoms with Crippen LogP contribution in [0.5, 0.6) is 0 Å². The Bertz CT molecular complexity index is 911. The number of aromatic amines is 1. The van der Waals surface area contributed by atoms with Crippen LogP contribution >= 0.6 is 0 Å². The number of hydrogen-bond acceptors (Lipinski definition) is 3. The number of hydrogen-bond donors (Lipinski definition) is 1. The van der Waals surface area contributed by atoms with E-state index in [2.05, 4.69) is 17.1 Å². The molecule has 2 atom stereocenters. The third kappa shape index (κ3) is 2.99. The van der Waals surface area contributed by atoms with E-state index < -0.39 is 0 Å². The third-order valence-corrected chi connectivity index (χ3v) is 6.25. The van der Waals surface area contributed by atoms with Crippen LogP contribution in [0.15, 0.2) is 30.3 Å². The number of nitrogens with one attached hydrogen (secondary N) is 1. The molecular weight excluding hydrogens is 359 g/mol. The maximum atomic E-state index is 14.0. The number of carbonyl (C=O) groups excluding carboxylic acids is 2. The molecule has 3 heterocycles. The van der Waals surface area contributed by atoms with E-state index in [1.54, 1.807) is 31.2 Å². The highest BCUT2D eigenvalue weighted by Gasteiger charge is 2.49. The van der Waals surface area contributed by atoms with Crippen molar-refractivity contribution >= 4 is 11.8 Å². The highest BCUT2D eigenvalue weighted by molar-refractivity contribution is 5.94. The number of rotatable bonds is 2. The second kappa shape index (κ2) is 7.04. The molecule has 0 bridgehead atoms. The van der Waals surface area contributed by atoms with Gasteiger partial charge in [0.05, 0.1) is 17.3 Å². The van der Waals surface area contributed by atoms with E-state index in [-0.39, 0.29) is 29.2 Å². The average molecular weight is 384 g/mol. The number of aromatic nitrogens is 2. The minimum absolute atomic E-state index is 0.0217. The smallest absolute Gasteiger partial charge is 0.272 e. The predicted molar refractivity (Wildman–Crippen MR) is 103 cm³/mol. The second-order valence-corrected chi connectivity index (χ2v) is 7.93. The molecular formula is C21H25FN4O2. The molecule has 0 radical (unpaired) electrons. The van der Waals surface area contributed by atoms with E-state index in [1.807, 2.05) is 9.80 Å². The molecule has 2 saturated heterocycles. The fourth-order valence-corrected chi connectivity index (χ4v) is 4.90. The van der Waals surface area contributed by atoms with Gasteiger partial charge in [-0.25, -0.2) is 4.39 Å². The summed E-state index contributed by atoms with van der Waals surface area (Å²) >= 11 is 0. The van der Waals surface area contributed by atoms with Gasteiger partial charge >= 0.3 is 0 Å². The Morgan fingerprint density at radius 2 is 2.04 bits per heavy atom. The van der Waals surface area contributed by atoms with Crippen molar-refractivity contribution in [2.75, 3.05) is 13.1 Å². The van der Waals surface area contributed by atoms with Gasteiger partial charge in [0.25, 0.3) is 5.91 Å². The predicted octanol–water partition coefficient (Wildman–Crippen LogP) is 3.22. The van der Waals surface area contributed by atoms with Crippen LogP contribution in [0.4, 0.5) is 4.39 Å². The minimum atomic E-state index is -0.372. The minimum Gasteiger partial charge on any atom is -0.335 e. The van der Waals surface area contributed by atoms with Gasteiger partial charge < -0.3 is 9.80 Å². The second-order valence-electron chi connectivity index (χ2n) is 7.93. The van der Waals surface area contributed by atoms with Gasteiger partial charge in [-0.1, -0.05) is 12.1 Å². The summed E-state index contributed by atoms with van der Waals surface area (Å²) in [5.41, 5.74) is 0.784. The molecule has 0 aliphatic carbocycles. The van der Waals surface area contributed by atoms with Gasteiger partial charge in [0, 0.05) is 25.6 Å². The van der Waals surface area contributed by atoms with Crippen molar-refractivity contribution in [3.05, 3.63) is 41.8 Å². The molecule has 7 heteroatoms. The van der Waals surface area contributed by atoms with Crippen molar-refractivity contribution in [2.45, 2.75) is 51.1 Å². The Morgan fingerprint density at radius 1 is 1.25 bits per heavy atom. The Hall–Kier alpha value is -2.70. The maximum Gasteiger partial charge on any atom is 0.272 e. The highest BCUT2D eigenvalue weighted by atomic mass is 19.1. The van der Waals surface area contributed by atoms with Gasteiger partial charge in [-0.05, 0) is 50.8 Å². The summed E-state index contributed by atoms with van der Waals surface area (Å²) in [7, 11) is 0. The van der Waals surface area contributed by atoms with Gasteiger partial charge in [-0.3, -0.25) is 14.7 Å². The van der Waals surface area contributed by atoms with E-state index in [1.165, 1.54) is 6.07 Å². The molecule has 28 heavy (non-hydrogen) atoms. The molecule has 2 fully saturated rings. The third-order valence-electron chi connectivity index (χ3n) is 6.25. The van der Waals surface area contributed by atoms with Crippen molar-refractivity contribution in [3.8, 4) is 11.3 Å². The average Bonchev–Trinajstić information content (AvgIpc) is 3.16. The number of halogens is 1. The fraction of sp³-hybridized carbons (Fsp3) is 0.476. The number of likely N-dealkylation sites (tertiary alicyclic amines) is 2. The lowest BCUT2D eigenvalue weighted by Crippen LogP contribution is -2.68. The maximum absolute atomic E-state index is 14.0. The Balaban J connectivity index is 1.62. The first-order chi connectivity index (χ1) is 13.4. The molecule has 6 nitrogen and oxygen atoms in total. The monoisotopic (exact) mass is 384 g/mol. The summed E-state index contributed by atoms with van der Waals surface area (Å²) in [5, 5.41) is 6.93. The summed E-state index contributed by atoms with van der Waals surface area (Å²) < 4.78 is 14.0. The SMILES string of the molecule is CC(=O)N1CCC[C@H]2N(C(=O)c3cc(-c4ccccc4F)n[nH]3)CCC[C@@]21C. The zero-order valence-corrected chi connectivity index (χ0v) is 16.2. The first kappa shape index (κ1) is 18.7. The first-order valence-corrected chi connectivity index (χ1v) is 9.81. The lowest BCUT2D eigenvalue weighted by Gasteiger charge is -2.56. The van der Waals surface area contributed by atoms with E-state index in [4.69, 9.17) is 0 Å². The van der Waals surface area contributed by atoms with Gasteiger partial charge in [0.1, 0.15) is 11.5 Å². The Morgan fingerprint density at radius 3 is 2.79 bits per heavy atom. The first-order valence-electron chi connectivity index (χ1n) is 9.81. The van der Waals surface area contributed by atoms with Crippen LogP contribution in [0.2, 0.25) is 0 Å². The van der Waals surface area contributed by atoms with Gasteiger partial charge in [-0.2, -0.15) is 5.10 Å². The zero-order chi connectivity index (χ0) is 19.9. The van der Waals surface area contributed by atoms with Crippen LogP contribution in [-0.4, -0.2) is 56.5 Å². The molecule has 2 aliphatic heterocycles. The number of fused-ring (bicyclic) bond motifs is 1. The number of H-pyrrole nitrogens is 1. The molecule has 2 aliphatic rings. The number of benzene rings is 1. The standard InChI is InChI=1S/C21H25FN4O2/c1-14(27)26-12-5-9-19-21(26,2)10-6-11-25(19)20(28)18-13-17(23-24-18)15-7-3-4-8-16(15)22/h3-4,7-8,13,19H,5-6,9-12H2,1-2H3,(H,23,24)/t19-,21+/m1/s1. The van der Waals surface area contributed by atoms with E-state index >= 15 is 0 Å². The molecule has 1 aromatic heterocycles. The van der Waals surface area contributed by atoms with Gasteiger partial charge in [0.15, 0.2) is 0 Å². The molecule has 148 valence electrons. The van der Waals surface area contributed by atoms with Crippen molar-refractivity contribution in [2.24, 2.45) is 0 Å². The topological polar surface area (TPSA) is 69.3 Å². The molecule has 1 N–H and O–H groups in total. The molecule has 0 saturated carbocycles. The summed E-state index contributed by atoms with van der Waals surface area (Å²) in [6.45, 7) is 5.09. The van der Waals surface area contributed by atoms with Gasteiger partial charge in [0.2, 0.25) is 5.91 Å². The van der Waals surface area contributed by atoms with E-state index in [0.717, 1.165) is 32.2 Å². The summed E-state index contributed by atoms with van der Waals surface area (Å²) in [6, 6.07) is 7.97. The van der Waals surface area contributed by atoms with Crippen LogP contribution in [0.3, 0.4) is 0 Å². The number of piperidine rings is 2. The fourth-order valence-electron chi connectivity index (χ4n) is 4.90. The largest absolute Gasteiger partial charge is 0.335 e. The number of amides is 2. The van der Waals surface area contributed by atoms with Crippen LogP contribution < -0.4 is 0 Å². The van der Waals surface area contributed by atoms with Crippen LogP contribution in [0.25, 0.3) is 11.3 Å². The Kier molecular flexibility index (Phi) is 4.69. The molecule has 1 aromatic carbocycles.